The number of hydrogen-bond donors (Lipinski definition) is 0. The van der Waals surface area contributed by atoms with Gasteiger partial charge in [0.05, 0.1) is 5.69 Å². The van der Waals surface area contributed by atoms with E-state index in [-0.39, 0.29) is 11.7 Å². The van der Waals surface area contributed by atoms with Gasteiger partial charge in [-0.2, -0.15) is 0 Å². The smallest absolute Gasteiger partial charge is 0.165 e. The minimum atomic E-state index is 0.212. The highest BCUT2D eigenvalue weighted by molar-refractivity contribution is 6.00. The molecule has 2 aromatic heterocycles. The molecule has 90 valence electrons. The summed E-state index contributed by atoms with van der Waals surface area (Å²) in [7, 11) is 0. The van der Waals surface area contributed by atoms with Crippen molar-refractivity contribution in [2.75, 3.05) is 0 Å². The lowest BCUT2D eigenvalue weighted by Crippen LogP contribution is -2.21. The van der Waals surface area contributed by atoms with Gasteiger partial charge in [-0.25, -0.2) is 0 Å². The molecule has 3 rings (SSSR count). The van der Waals surface area contributed by atoms with Gasteiger partial charge in [0.2, 0.25) is 0 Å². The Kier molecular flexibility index (Phi) is 2.67. The van der Waals surface area contributed by atoms with E-state index < -0.39 is 0 Å². The number of hydrogen-bond acceptors (Lipinski definition) is 3. The van der Waals surface area contributed by atoms with E-state index >= 15 is 0 Å². The number of carbonyl (C=O) groups excluding carboxylic acids is 1. The van der Waals surface area contributed by atoms with Crippen LogP contribution in [0.25, 0.3) is 0 Å². The standard InChI is InChI=1S/C15H14N2O/c1-10-2-7-17-13-8-12(9-14(18)15(10)13)11-3-5-16-6-4-11/h2-7,12H,8-9H2,1H3/t12-/m0/s1. The number of aryl methyl sites for hydroxylation is 1. The Balaban J connectivity index is 2.00. The van der Waals surface area contributed by atoms with Crippen molar-refractivity contribution in [3.05, 3.63) is 59.2 Å². The monoisotopic (exact) mass is 238 g/mol. The molecule has 1 atom stereocenters. The minimum Gasteiger partial charge on any atom is -0.294 e. The van der Waals surface area contributed by atoms with Crippen molar-refractivity contribution >= 4 is 5.78 Å². The molecule has 0 radical (unpaired) electrons. The second kappa shape index (κ2) is 4.33. The first-order chi connectivity index (χ1) is 8.75. The lowest BCUT2D eigenvalue weighted by molar-refractivity contribution is 0.0962. The summed E-state index contributed by atoms with van der Waals surface area (Å²) in [6.45, 7) is 1.98. The van der Waals surface area contributed by atoms with E-state index in [1.165, 1.54) is 5.56 Å². The Labute approximate surface area is 106 Å². The van der Waals surface area contributed by atoms with Crippen LogP contribution in [-0.2, 0) is 6.42 Å². The predicted molar refractivity (Wildman–Crippen MR) is 68.6 cm³/mol. The highest BCUT2D eigenvalue weighted by Crippen LogP contribution is 2.32. The number of nitrogens with zero attached hydrogens (tertiary/aromatic N) is 2. The van der Waals surface area contributed by atoms with Gasteiger partial charge in [0, 0.05) is 30.6 Å². The molecule has 0 unspecified atom stereocenters. The minimum absolute atomic E-state index is 0.212. The molecule has 0 saturated carbocycles. The van der Waals surface area contributed by atoms with Crippen molar-refractivity contribution in [2.24, 2.45) is 0 Å². The Morgan fingerprint density at radius 1 is 1.11 bits per heavy atom. The molecule has 3 nitrogen and oxygen atoms in total. The van der Waals surface area contributed by atoms with Crippen LogP contribution in [0.2, 0.25) is 0 Å². The fourth-order valence-electron chi connectivity index (χ4n) is 2.65. The third-order valence-electron chi connectivity index (χ3n) is 3.57. The van der Waals surface area contributed by atoms with Gasteiger partial charge in [0.25, 0.3) is 0 Å². The van der Waals surface area contributed by atoms with Crippen molar-refractivity contribution in [1.29, 1.82) is 0 Å². The topological polar surface area (TPSA) is 42.9 Å². The maximum atomic E-state index is 12.2. The van der Waals surface area contributed by atoms with Crippen molar-refractivity contribution < 1.29 is 4.79 Å². The number of Topliss-reactive ketones (excluding diaryl/α,β-unsaturated/α-hetero) is 1. The molecule has 18 heavy (non-hydrogen) atoms. The molecular formula is C15H14N2O. The number of fused-ring (bicyclic) bond motifs is 1. The summed E-state index contributed by atoms with van der Waals surface area (Å²) >= 11 is 0. The van der Waals surface area contributed by atoms with Crippen molar-refractivity contribution in [1.82, 2.24) is 9.97 Å². The van der Waals surface area contributed by atoms with Crippen molar-refractivity contribution in [3.8, 4) is 0 Å². The maximum Gasteiger partial charge on any atom is 0.165 e. The van der Waals surface area contributed by atoms with E-state index in [9.17, 15) is 4.79 Å². The highest BCUT2D eigenvalue weighted by atomic mass is 16.1. The molecule has 0 bridgehead atoms. The van der Waals surface area contributed by atoms with E-state index in [2.05, 4.69) is 9.97 Å². The normalized spacial score (nSPS) is 18.5. The zero-order valence-corrected chi connectivity index (χ0v) is 10.3. The van der Waals surface area contributed by atoms with Crippen LogP contribution >= 0.6 is 0 Å². The first-order valence-electron chi connectivity index (χ1n) is 6.13. The SMILES string of the molecule is Cc1ccnc2c1C(=O)C[C@@H](c1ccncc1)C2. The molecule has 2 heterocycles. The predicted octanol–water partition coefficient (Wildman–Crippen LogP) is 2.70. The second-order valence-corrected chi connectivity index (χ2v) is 4.76. The molecule has 1 aliphatic rings. The lowest BCUT2D eigenvalue weighted by Gasteiger charge is -2.24. The summed E-state index contributed by atoms with van der Waals surface area (Å²) in [5.41, 5.74) is 3.99. The first kappa shape index (κ1) is 11.1. The average Bonchev–Trinajstić information content (AvgIpc) is 2.39. The second-order valence-electron chi connectivity index (χ2n) is 4.76. The summed E-state index contributed by atoms with van der Waals surface area (Å²) in [4.78, 5) is 20.6. The zero-order valence-electron chi connectivity index (χ0n) is 10.3. The van der Waals surface area contributed by atoms with Gasteiger partial charge < -0.3 is 0 Å². The molecule has 0 saturated heterocycles. The molecule has 0 amide bonds. The Hall–Kier alpha value is -2.03. The molecule has 3 heteroatoms. The molecule has 0 N–H and O–H groups in total. The Morgan fingerprint density at radius 2 is 1.89 bits per heavy atom. The molecular weight excluding hydrogens is 224 g/mol. The average molecular weight is 238 g/mol. The molecule has 1 aliphatic carbocycles. The van der Waals surface area contributed by atoms with E-state index in [0.29, 0.717) is 6.42 Å². The third kappa shape index (κ3) is 1.82. The highest BCUT2D eigenvalue weighted by Gasteiger charge is 2.28. The molecule has 2 aromatic rings. The number of carbonyl (C=O) groups is 1. The third-order valence-corrected chi connectivity index (χ3v) is 3.57. The van der Waals surface area contributed by atoms with E-state index in [1.807, 2.05) is 25.1 Å². The van der Waals surface area contributed by atoms with E-state index in [1.54, 1.807) is 18.6 Å². The van der Waals surface area contributed by atoms with Crippen LogP contribution < -0.4 is 0 Å². The quantitative estimate of drug-likeness (QED) is 0.767. The fraction of sp³-hybridized carbons (Fsp3) is 0.267. The summed E-state index contributed by atoms with van der Waals surface area (Å²) in [6, 6.07) is 5.88. The van der Waals surface area contributed by atoms with Crippen LogP contribution in [0.4, 0.5) is 0 Å². The van der Waals surface area contributed by atoms with Crippen LogP contribution in [0.1, 0.15) is 39.5 Å². The van der Waals surface area contributed by atoms with E-state index in [4.69, 9.17) is 0 Å². The van der Waals surface area contributed by atoms with Gasteiger partial charge in [-0.05, 0) is 48.6 Å². The first-order valence-corrected chi connectivity index (χ1v) is 6.13. The largest absolute Gasteiger partial charge is 0.294 e. The number of aromatic nitrogens is 2. The lowest BCUT2D eigenvalue weighted by atomic mass is 9.81. The zero-order chi connectivity index (χ0) is 12.5. The number of pyridine rings is 2. The molecule has 0 spiro atoms. The van der Waals surface area contributed by atoms with Crippen LogP contribution in [0.15, 0.2) is 36.8 Å². The van der Waals surface area contributed by atoms with Crippen LogP contribution in [0, 0.1) is 6.92 Å². The van der Waals surface area contributed by atoms with Crippen LogP contribution in [0.5, 0.6) is 0 Å². The van der Waals surface area contributed by atoms with Gasteiger partial charge in [0.15, 0.2) is 5.78 Å². The molecule has 0 aromatic carbocycles. The molecule has 0 aliphatic heterocycles. The molecule has 0 fully saturated rings. The van der Waals surface area contributed by atoms with Crippen molar-refractivity contribution in [2.45, 2.75) is 25.7 Å². The summed E-state index contributed by atoms with van der Waals surface area (Å²) in [5, 5.41) is 0. The van der Waals surface area contributed by atoms with Gasteiger partial charge in [-0.15, -0.1) is 0 Å². The summed E-state index contributed by atoms with van der Waals surface area (Å²) in [6.07, 6.45) is 6.75. The number of rotatable bonds is 1. The summed E-state index contributed by atoms with van der Waals surface area (Å²) < 4.78 is 0. The van der Waals surface area contributed by atoms with Gasteiger partial charge in [0.1, 0.15) is 0 Å². The maximum absolute atomic E-state index is 12.2. The van der Waals surface area contributed by atoms with Crippen molar-refractivity contribution in [3.63, 3.8) is 0 Å². The fourth-order valence-corrected chi connectivity index (χ4v) is 2.65. The van der Waals surface area contributed by atoms with Gasteiger partial charge >= 0.3 is 0 Å². The van der Waals surface area contributed by atoms with Crippen LogP contribution in [-0.4, -0.2) is 15.8 Å². The Bertz CT molecular complexity index is 593. The van der Waals surface area contributed by atoms with E-state index in [0.717, 1.165) is 23.2 Å². The number of ketones is 1. The van der Waals surface area contributed by atoms with Gasteiger partial charge in [-0.1, -0.05) is 0 Å². The van der Waals surface area contributed by atoms with Gasteiger partial charge in [-0.3, -0.25) is 14.8 Å². The van der Waals surface area contributed by atoms with Crippen LogP contribution in [0.3, 0.4) is 0 Å². The summed E-state index contributed by atoms with van der Waals surface area (Å²) in [5.74, 6) is 0.450. The Morgan fingerprint density at radius 3 is 2.67 bits per heavy atom.